The molecule has 20 heavy (non-hydrogen) atoms. The number of carbonyl (C=O) groups is 1. The number of hydrogen-bond acceptors (Lipinski definition) is 6. The van der Waals surface area contributed by atoms with Crippen LogP contribution in [-0.4, -0.2) is 40.8 Å². The normalized spacial score (nSPS) is 10.6. The fourth-order valence-corrected chi connectivity index (χ4v) is 1.32. The number of pyridine rings is 1. The molecule has 0 aliphatic carbocycles. The Labute approximate surface area is 115 Å². The number of nitro groups is 1. The van der Waals surface area contributed by atoms with Gasteiger partial charge in [0.15, 0.2) is 0 Å². The maximum atomic E-state index is 10.8. The Hall–Kier alpha value is -2.22. The molecule has 8 nitrogen and oxygen atoms in total. The van der Waals surface area contributed by atoms with E-state index in [1.165, 1.54) is 0 Å². The van der Waals surface area contributed by atoms with E-state index in [0.29, 0.717) is 12.5 Å². The first kappa shape index (κ1) is 15.8. The maximum Gasteiger partial charge on any atom is 0.337 e. The van der Waals surface area contributed by atoms with Gasteiger partial charge in [0.1, 0.15) is 6.61 Å². The lowest BCUT2D eigenvalue weighted by atomic mass is 10.2. The van der Waals surface area contributed by atoms with E-state index in [9.17, 15) is 14.9 Å². The molecule has 1 N–H and O–H groups in total. The van der Waals surface area contributed by atoms with Crippen LogP contribution in [-0.2, 0) is 4.74 Å². The molecule has 1 rings (SSSR count). The quantitative estimate of drug-likeness (QED) is 0.439. The highest BCUT2D eigenvalue weighted by molar-refractivity contribution is 5.88. The van der Waals surface area contributed by atoms with Gasteiger partial charge in [-0.15, -0.1) is 0 Å². The molecule has 0 aliphatic heterocycles. The Kier molecular flexibility index (Phi) is 5.85. The molecule has 1 heterocycles. The number of aromatic nitrogens is 1. The van der Waals surface area contributed by atoms with Crippen LogP contribution >= 0.6 is 0 Å². The summed E-state index contributed by atoms with van der Waals surface area (Å²) in [5.41, 5.74) is -0.742. The van der Waals surface area contributed by atoms with Gasteiger partial charge in [0, 0.05) is 18.9 Å². The second-order valence-corrected chi connectivity index (χ2v) is 4.43. The first-order valence-electron chi connectivity index (χ1n) is 6.00. The zero-order chi connectivity index (χ0) is 15.1. The monoisotopic (exact) mass is 284 g/mol. The fraction of sp³-hybridized carbons (Fsp3) is 0.500. The number of nitrogens with zero attached hydrogens (tertiary/aromatic N) is 2. The third-order valence-electron chi connectivity index (χ3n) is 2.19. The third-order valence-corrected chi connectivity index (χ3v) is 2.19. The van der Waals surface area contributed by atoms with Crippen LogP contribution in [0.4, 0.5) is 5.69 Å². The molecular weight excluding hydrogens is 268 g/mol. The lowest BCUT2D eigenvalue weighted by Gasteiger charge is -2.08. The number of carboxylic acid groups (broad SMARTS) is 1. The Morgan fingerprint density at radius 1 is 1.50 bits per heavy atom. The summed E-state index contributed by atoms with van der Waals surface area (Å²) in [6, 6.07) is 0.916. The predicted octanol–water partition coefficient (Wildman–Crippen LogP) is 1.74. The summed E-state index contributed by atoms with van der Waals surface area (Å²) in [4.78, 5) is 24.5. The molecule has 1 aromatic rings. The Bertz CT molecular complexity index is 489. The molecule has 0 unspecified atom stereocenters. The summed E-state index contributed by atoms with van der Waals surface area (Å²) >= 11 is 0. The van der Waals surface area contributed by atoms with Crippen molar-refractivity contribution >= 4 is 11.7 Å². The van der Waals surface area contributed by atoms with Gasteiger partial charge in [-0.25, -0.2) is 9.78 Å². The standard InChI is InChI=1S/C12H16N2O6/c1-8(2)7-19-3-4-20-11-10(14(17)18)5-9(6-13-11)12(15)16/h5-6,8H,3-4,7H2,1-2H3,(H,15,16). The molecule has 0 spiro atoms. The summed E-state index contributed by atoms with van der Waals surface area (Å²) in [5, 5.41) is 19.6. The van der Waals surface area contributed by atoms with Crippen molar-refractivity contribution in [1.82, 2.24) is 4.98 Å². The van der Waals surface area contributed by atoms with E-state index in [1.807, 2.05) is 13.8 Å². The van der Waals surface area contributed by atoms with E-state index in [1.54, 1.807) is 0 Å². The minimum Gasteiger partial charge on any atom is -0.478 e. The van der Waals surface area contributed by atoms with Crippen molar-refractivity contribution in [2.45, 2.75) is 13.8 Å². The van der Waals surface area contributed by atoms with Gasteiger partial charge in [0.2, 0.25) is 0 Å². The van der Waals surface area contributed by atoms with Crippen LogP contribution in [0, 0.1) is 16.0 Å². The van der Waals surface area contributed by atoms with E-state index < -0.39 is 16.6 Å². The molecule has 0 atom stereocenters. The zero-order valence-corrected chi connectivity index (χ0v) is 11.2. The molecule has 8 heteroatoms. The van der Waals surface area contributed by atoms with Crippen LogP contribution in [0.25, 0.3) is 0 Å². The molecule has 0 aliphatic rings. The zero-order valence-electron chi connectivity index (χ0n) is 11.2. The van der Waals surface area contributed by atoms with Crippen LogP contribution in [0.2, 0.25) is 0 Å². The van der Waals surface area contributed by atoms with Crippen LogP contribution in [0.1, 0.15) is 24.2 Å². The van der Waals surface area contributed by atoms with Crippen LogP contribution < -0.4 is 4.74 Å². The number of ether oxygens (including phenoxy) is 2. The van der Waals surface area contributed by atoms with E-state index >= 15 is 0 Å². The van der Waals surface area contributed by atoms with Gasteiger partial charge >= 0.3 is 11.7 Å². The van der Waals surface area contributed by atoms with Crippen molar-refractivity contribution in [1.29, 1.82) is 0 Å². The molecule has 0 saturated heterocycles. The van der Waals surface area contributed by atoms with E-state index in [-0.39, 0.29) is 24.7 Å². The molecule has 0 amide bonds. The molecule has 0 fully saturated rings. The predicted molar refractivity (Wildman–Crippen MR) is 69.0 cm³/mol. The van der Waals surface area contributed by atoms with Gasteiger partial charge in [0.05, 0.1) is 17.1 Å². The largest absolute Gasteiger partial charge is 0.478 e. The SMILES string of the molecule is CC(C)COCCOc1ncc(C(=O)O)cc1[N+](=O)[O-]. The van der Waals surface area contributed by atoms with Crippen molar-refractivity contribution in [3.05, 3.63) is 27.9 Å². The molecule has 0 radical (unpaired) electrons. The maximum absolute atomic E-state index is 10.8. The van der Waals surface area contributed by atoms with E-state index in [2.05, 4.69) is 4.98 Å². The van der Waals surface area contributed by atoms with E-state index in [0.717, 1.165) is 12.3 Å². The topological polar surface area (TPSA) is 112 Å². The Balaban J connectivity index is 2.65. The van der Waals surface area contributed by atoms with Gasteiger partial charge in [-0.1, -0.05) is 13.8 Å². The highest BCUT2D eigenvalue weighted by Crippen LogP contribution is 2.24. The molecular formula is C12H16N2O6. The van der Waals surface area contributed by atoms with Gasteiger partial charge < -0.3 is 14.6 Å². The van der Waals surface area contributed by atoms with Gasteiger partial charge in [-0.3, -0.25) is 10.1 Å². The van der Waals surface area contributed by atoms with Crippen molar-refractivity contribution in [2.75, 3.05) is 19.8 Å². The summed E-state index contributed by atoms with van der Waals surface area (Å²) in [6.45, 7) is 4.94. The summed E-state index contributed by atoms with van der Waals surface area (Å²) < 4.78 is 10.4. The lowest BCUT2D eigenvalue weighted by Crippen LogP contribution is -2.12. The number of hydrogen-bond donors (Lipinski definition) is 1. The smallest absolute Gasteiger partial charge is 0.337 e. The second-order valence-electron chi connectivity index (χ2n) is 4.43. The van der Waals surface area contributed by atoms with Crippen molar-refractivity contribution in [3.8, 4) is 5.88 Å². The lowest BCUT2D eigenvalue weighted by molar-refractivity contribution is -0.386. The van der Waals surface area contributed by atoms with Crippen molar-refractivity contribution in [3.63, 3.8) is 0 Å². The summed E-state index contributed by atoms with van der Waals surface area (Å²) in [6.07, 6.45) is 1.01. The second kappa shape index (κ2) is 7.39. The Morgan fingerprint density at radius 3 is 2.75 bits per heavy atom. The summed E-state index contributed by atoms with van der Waals surface area (Å²) in [7, 11) is 0. The first-order chi connectivity index (χ1) is 9.41. The van der Waals surface area contributed by atoms with Crippen LogP contribution in [0.3, 0.4) is 0 Å². The Morgan fingerprint density at radius 2 is 2.20 bits per heavy atom. The van der Waals surface area contributed by atoms with Crippen LogP contribution in [0.5, 0.6) is 5.88 Å². The average molecular weight is 284 g/mol. The first-order valence-corrected chi connectivity index (χ1v) is 6.00. The minimum atomic E-state index is -1.28. The number of aromatic carboxylic acids is 1. The van der Waals surface area contributed by atoms with Crippen LogP contribution in [0.15, 0.2) is 12.3 Å². The molecule has 110 valence electrons. The van der Waals surface area contributed by atoms with Crippen molar-refractivity contribution in [2.24, 2.45) is 5.92 Å². The molecule has 0 saturated carbocycles. The van der Waals surface area contributed by atoms with Gasteiger partial charge in [-0.05, 0) is 5.92 Å². The molecule has 1 aromatic heterocycles. The van der Waals surface area contributed by atoms with E-state index in [4.69, 9.17) is 14.6 Å². The number of carboxylic acids is 1. The highest BCUT2D eigenvalue weighted by atomic mass is 16.6. The number of rotatable bonds is 8. The molecule has 0 bridgehead atoms. The highest BCUT2D eigenvalue weighted by Gasteiger charge is 2.20. The van der Waals surface area contributed by atoms with Crippen molar-refractivity contribution < 1.29 is 24.3 Å². The molecule has 0 aromatic carbocycles. The van der Waals surface area contributed by atoms with Gasteiger partial charge in [0.25, 0.3) is 5.88 Å². The van der Waals surface area contributed by atoms with Gasteiger partial charge in [-0.2, -0.15) is 0 Å². The minimum absolute atomic E-state index is 0.104. The third kappa shape index (κ3) is 4.81. The fourth-order valence-electron chi connectivity index (χ4n) is 1.32. The average Bonchev–Trinajstić information content (AvgIpc) is 2.37. The summed E-state index contributed by atoms with van der Waals surface area (Å²) in [5.74, 6) is -1.11.